The largest absolute Gasteiger partial charge is 0.456 e. The number of likely N-dealkylation sites (N-methyl/N-ethyl adjacent to an activating group) is 1. The lowest BCUT2D eigenvalue weighted by Gasteiger charge is -2.23. The third-order valence-electron chi connectivity index (χ3n) is 3.17. The third-order valence-corrected chi connectivity index (χ3v) is 3.17. The molecule has 0 unspecified atom stereocenters. The van der Waals surface area contributed by atoms with Crippen molar-refractivity contribution in [3.63, 3.8) is 0 Å². The number of rotatable bonds is 8. The third kappa shape index (κ3) is 4.96. The van der Waals surface area contributed by atoms with Crippen LogP contribution in [-0.4, -0.2) is 49.4 Å². The minimum atomic E-state index is -0.394. The highest BCUT2D eigenvalue weighted by molar-refractivity contribution is 5.91. The molecule has 0 fully saturated rings. The van der Waals surface area contributed by atoms with Crippen molar-refractivity contribution in [3.8, 4) is 0 Å². The second-order valence-electron chi connectivity index (χ2n) is 5.24. The quantitative estimate of drug-likeness (QED) is 0.422. The van der Waals surface area contributed by atoms with E-state index in [-0.39, 0.29) is 5.76 Å². The van der Waals surface area contributed by atoms with E-state index in [1.54, 1.807) is 6.07 Å². The number of carbonyl (C=O) groups excluding carboxylic acids is 1. The Labute approximate surface area is 120 Å². The van der Waals surface area contributed by atoms with Crippen LogP contribution in [0.25, 0.3) is 0 Å². The highest BCUT2D eigenvalue weighted by atomic mass is 16.4. The van der Waals surface area contributed by atoms with Crippen LogP contribution in [-0.2, 0) is 6.54 Å². The van der Waals surface area contributed by atoms with E-state index in [1.165, 1.54) is 0 Å². The number of furan rings is 1. The number of carbonyl (C=O) groups is 1. The van der Waals surface area contributed by atoms with Crippen molar-refractivity contribution >= 4 is 5.91 Å². The SMILES string of the molecule is CCCN(CCN(C)C)Cc1cc(C(=O)NN)oc1C. The first-order valence-electron chi connectivity index (χ1n) is 6.95. The van der Waals surface area contributed by atoms with Gasteiger partial charge in [-0.25, -0.2) is 5.84 Å². The molecule has 0 atom stereocenters. The van der Waals surface area contributed by atoms with Gasteiger partial charge in [-0.15, -0.1) is 0 Å². The fourth-order valence-electron chi connectivity index (χ4n) is 2.03. The van der Waals surface area contributed by atoms with E-state index in [2.05, 4.69) is 36.2 Å². The summed E-state index contributed by atoms with van der Waals surface area (Å²) >= 11 is 0. The molecule has 3 N–H and O–H groups in total. The van der Waals surface area contributed by atoms with Crippen molar-refractivity contribution in [2.75, 3.05) is 33.7 Å². The Morgan fingerprint density at radius 1 is 1.35 bits per heavy atom. The predicted octanol–water partition coefficient (Wildman–Crippen LogP) is 0.965. The van der Waals surface area contributed by atoms with E-state index >= 15 is 0 Å². The van der Waals surface area contributed by atoms with Gasteiger partial charge in [-0.3, -0.25) is 15.1 Å². The van der Waals surface area contributed by atoms with E-state index in [0.717, 1.165) is 43.9 Å². The number of nitrogen functional groups attached to an aromatic ring is 1. The zero-order valence-electron chi connectivity index (χ0n) is 12.9. The van der Waals surface area contributed by atoms with Crippen LogP contribution < -0.4 is 11.3 Å². The average Bonchev–Trinajstić information content (AvgIpc) is 2.76. The molecular weight excluding hydrogens is 256 g/mol. The molecule has 0 aliphatic rings. The molecule has 1 heterocycles. The zero-order chi connectivity index (χ0) is 15.1. The first-order chi connectivity index (χ1) is 9.47. The molecule has 6 heteroatoms. The maximum absolute atomic E-state index is 11.5. The fourth-order valence-corrected chi connectivity index (χ4v) is 2.03. The zero-order valence-corrected chi connectivity index (χ0v) is 12.9. The Kier molecular flexibility index (Phi) is 6.70. The van der Waals surface area contributed by atoms with Gasteiger partial charge in [0, 0.05) is 25.2 Å². The molecule has 6 nitrogen and oxygen atoms in total. The monoisotopic (exact) mass is 282 g/mol. The molecule has 1 rings (SSSR count). The van der Waals surface area contributed by atoms with Gasteiger partial charge < -0.3 is 9.32 Å². The van der Waals surface area contributed by atoms with Gasteiger partial charge in [0.05, 0.1) is 0 Å². The number of amides is 1. The number of hydrazine groups is 1. The smallest absolute Gasteiger partial charge is 0.300 e. The summed E-state index contributed by atoms with van der Waals surface area (Å²) in [5, 5.41) is 0. The second kappa shape index (κ2) is 8.04. The number of hydrogen-bond donors (Lipinski definition) is 2. The van der Waals surface area contributed by atoms with Crippen LogP contribution in [0.4, 0.5) is 0 Å². The van der Waals surface area contributed by atoms with E-state index in [1.807, 2.05) is 6.92 Å². The van der Waals surface area contributed by atoms with Crippen molar-refractivity contribution in [1.29, 1.82) is 0 Å². The van der Waals surface area contributed by atoms with Crippen LogP contribution in [0.5, 0.6) is 0 Å². The Morgan fingerprint density at radius 2 is 2.05 bits per heavy atom. The summed E-state index contributed by atoms with van der Waals surface area (Å²) in [5.74, 6) is 5.76. The number of hydrogen-bond acceptors (Lipinski definition) is 5. The fraction of sp³-hybridized carbons (Fsp3) is 0.643. The maximum Gasteiger partial charge on any atom is 0.300 e. The first-order valence-corrected chi connectivity index (χ1v) is 6.95. The normalized spacial score (nSPS) is 11.3. The number of nitrogens with two attached hydrogens (primary N) is 1. The van der Waals surface area contributed by atoms with Crippen molar-refractivity contribution in [3.05, 3.63) is 23.2 Å². The summed E-state index contributed by atoms with van der Waals surface area (Å²) in [7, 11) is 4.13. The summed E-state index contributed by atoms with van der Waals surface area (Å²) in [6, 6.07) is 1.77. The van der Waals surface area contributed by atoms with Gasteiger partial charge in [0.2, 0.25) is 0 Å². The number of nitrogens with zero attached hydrogens (tertiary/aromatic N) is 2. The van der Waals surface area contributed by atoms with E-state index in [9.17, 15) is 4.79 Å². The number of aryl methyl sites for hydroxylation is 1. The predicted molar refractivity (Wildman–Crippen MR) is 79.2 cm³/mol. The molecule has 1 aromatic rings. The van der Waals surface area contributed by atoms with Gasteiger partial charge in [0.25, 0.3) is 0 Å². The lowest BCUT2D eigenvalue weighted by atomic mass is 10.2. The molecule has 0 spiro atoms. The molecule has 0 saturated carbocycles. The van der Waals surface area contributed by atoms with Crippen LogP contribution >= 0.6 is 0 Å². The van der Waals surface area contributed by atoms with Gasteiger partial charge in [0.1, 0.15) is 5.76 Å². The summed E-state index contributed by atoms with van der Waals surface area (Å²) < 4.78 is 5.44. The Hall–Kier alpha value is -1.37. The van der Waals surface area contributed by atoms with Crippen LogP contribution in [0.1, 0.15) is 35.2 Å². The lowest BCUT2D eigenvalue weighted by molar-refractivity contribution is 0.0924. The summed E-state index contributed by atoms with van der Waals surface area (Å²) in [6.45, 7) is 7.85. The van der Waals surface area contributed by atoms with Gasteiger partial charge >= 0.3 is 5.91 Å². The molecule has 0 bridgehead atoms. The van der Waals surface area contributed by atoms with Gasteiger partial charge in [0.15, 0.2) is 5.76 Å². The maximum atomic E-state index is 11.5. The second-order valence-corrected chi connectivity index (χ2v) is 5.24. The van der Waals surface area contributed by atoms with Crippen molar-refractivity contribution in [2.24, 2.45) is 5.84 Å². The Bertz CT molecular complexity index is 429. The van der Waals surface area contributed by atoms with Gasteiger partial charge in [-0.2, -0.15) is 0 Å². The molecule has 0 radical (unpaired) electrons. The molecule has 0 saturated heterocycles. The average molecular weight is 282 g/mol. The van der Waals surface area contributed by atoms with Crippen LogP contribution in [0.15, 0.2) is 10.5 Å². The first kappa shape index (κ1) is 16.7. The number of nitrogens with one attached hydrogen (secondary N) is 1. The topological polar surface area (TPSA) is 74.7 Å². The molecule has 0 aromatic carbocycles. The van der Waals surface area contributed by atoms with Crippen molar-refractivity contribution in [2.45, 2.75) is 26.8 Å². The molecule has 0 aliphatic heterocycles. The Balaban J connectivity index is 2.72. The molecule has 114 valence electrons. The van der Waals surface area contributed by atoms with Crippen molar-refractivity contribution in [1.82, 2.24) is 15.2 Å². The van der Waals surface area contributed by atoms with E-state index < -0.39 is 5.91 Å². The molecule has 1 amide bonds. The molecular formula is C14H26N4O2. The molecule has 20 heavy (non-hydrogen) atoms. The van der Waals surface area contributed by atoms with Gasteiger partial charge in [-0.1, -0.05) is 6.92 Å². The van der Waals surface area contributed by atoms with Crippen LogP contribution in [0, 0.1) is 6.92 Å². The Morgan fingerprint density at radius 3 is 2.60 bits per heavy atom. The summed E-state index contributed by atoms with van der Waals surface area (Å²) in [4.78, 5) is 16.0. The summed E-state index contributed by atoms with van der Waals surface area (Å²) in [5.41, 5.74) is 3.13. The van der Waals surface area contributed by atoms with Crippen LogP contribution in [0.3, 0.4) is 0 Å². The van der Waals surface area contributed by atoms with Gasteiger partial charge in [-0.05, 0) is 40.1 Å². The van der Waals surface area contributed by atoms with Crippen LogP contribution in [0.2, 0.25) is 0 Å². The van der Waals surface area contributed by atoms with Crippen molar-refractivity contribution < 1.29 is 9.21 Å². The highest BCUT2D eigenvalue weighted by Gasteiger charge is 2.15. The molecule has 1 aromatic heterocycles. The standard InChI is InChI=1S/C14H26N4O2/c1-5-6-18(8-7-17(3)4)10-12-9-13(14(19)16-15)20-11(12)2/h9H,5-8,10,15H2,1-4H3,(H,16,19). The lowest BCUT2D eigenvalue weighted by Crippen LogP contribution is -2.32. The van der Waals surface area contributed by atoms with E-state index in [0.29, 0.717) is 0 Å². The summed E-state index contributed by atoms with van der Waals surface area (Å²) in [6.07, 6.45) is 1.10. The minimum Gasteiger partial charge on any atom is -0.456 e. The van der Waals surface area contributed by atoms with E-state index in [4.69, 9.17) is 10.3 Å². The molecule has 0 aliphatic carbocycles. The highest BCUT2D eigenvalue weighted by Crippen LogP contribution is 2.17. The minimum absolute atomic E-state index is 0.268.